The second-order valence-electron chi connectivity index (χ2n) is 2.57. The molecule has 1 aromatic carbocycles. The highest BCUT2D eigenvalue weighted by molar-refractivity contribution is 14.1. The lowest BCUT2D eigenvalue weighted by atomic mass is 10.2. The molecule has 1 rings (SSSR count). The maximum absolute atomic E-state index is 11.4. The molecule has 1 aromatic rings. The zero-order valence-electron chi connectivity index (χ0n) is 8.04. The molecule has 0 heterocycles. The van der Waals surface area contributed by atoms with Crippen LogP contribution in [0.2, 0.25) is 0 Å². The lowest BCUT2D eigenvalue weighted by Crippen LogP contribution is -2.06. The highest BCUT2D eigenvalue weighted by Crippen LogP contribution is 2.21. The van der Waals surface area contributed by atoms with E-state index in [0.29, 0.717) is 12.2 Å². The van der Waals surface area contributed by atoms with Gasteiger partial charge in [0.05, 0.1) is 12.2 Å². The second-order valence-corrected chi connectivity index (χ2v) is 4.61. The van der Waals surface area contributed by atoms with E-state index in [-0.39, 0.29) is 5.97 Å². The fourth-order valence-electron chi connectivity index (χ4n) is 0.997. The maximum Gasteiger partial charge on any atom is 0.339 e. The first-order chi connectivity index (χ1) is 6.69. The second kappa shape index (κ2) is 5.60. The molecule has 0 spiro atoms. The highest BCUT2D eigenvalue weighted by Gasteiger charge is 2.10. The number of benzene rings is 1. The summed E-state index contributed by atoms with van der Waals surface area (Å²) in [4.78, 5) is 12.6. The Morgan fingerprint density at radius 1 is 1.57 bits per heavy atom. The van der Waals surface area contributed by atoms with Gasteiger partial charge in [-0.05, 0) is 54.0 Å². The Morgan fingerprint density at radius 3 is 2.79 bits per heavy atom. The first kappa shape index (κ1) is 11.8. The van der Waals surface area contributed by atoms with Crippen LogP contribution in [0.4, 0.5) is 0 Å². The van der Waals surface area contributed by atoms with Crippen LogP contribution in [0, 0.1) is 3.57 Å². The first-order valence-corrected chi connectivity index (χ1v) is 6.50. The third-order valence-electron chi connectivity index (χ3n) is 1.67. The van der Waals surface area contributed by atoms with E-state index in [4.69, 9.17) is 4.74 Å². The Balaban J connectivity index is 2.94. The van der Waals surface area contributed by atoms with E-state index in [1.165, 1.54) is 0 Å². The van der Waals surface area contributed by atoms with Crippen LogP contribution in [0.25, 0.3) is 0 Å². The van der Waals surface area contributed by atoms with Crippen molar-refractivity contribution in [3.8, 4) is 0 Å². The normalized spacial score (nSPS) is 9.93. The van der Waals surface area contributed by atoms with Crippen molar-refractivity contribution in [3.63, 3.8) is 0 Å². The fraction of sp³-hybridized carbons (Fsp3) is 0.300. The van der Waals surface area contributed by atoms with Gasteiger partial charge in [-0.25, -0.2) is 4.79 Å². The molecule has 14 heavy (non-hydrogen) atoms. The van der Waals surface area contributed by atoms with Gasteiger partial charge in [0.25, 0.3) is 0 Å². The maximum atomic E-state index is 11.4. The van der Waals surface area contributed by atoms with Gasteiger partial charge < -0.3 is 4.74 Å². The number of thioether (sulfide) groups is 1. The average Bonchev–Trinajstić information content (AvgIpc) is 2.17. The monoisotopic (exact) mass is 322 g/mol. The molecule has 0 aliphatic carbocycles. The van der Waals surface area contributed by atoms with Gasteiger partial charge in [0.2, 0.25) is 0 Å². The summed E-state index contributed by atoms with van der Waals surface area (Å²) in [5, 5.41) is 0. The molecule has 4 heteroatoms. The molecule has 0 saturated carbocycles. The number of esters is 1. The van der Waals surface area contributed by atoms with Crippen LogP contribution in [-0.4, -0.2) is 18.8 Å². The molecule has 0 aliphatic heterocycles. The van der Waals surface area contributed by atoms with Gasteiger partial charge in [-0.2, -0.15) is 0 Å². The lowest BCUT2D eigenvalue weighted by Gasteiger charge is -2.05. The Hall–Kier alpha value is -0.230. The molecule has 0 aromatic heterocycles. The number of ether oxygens (including phenoxy) is 1. The molecule has 0 aliphatic rings. The van der Waals surface area contributed by atoms with Crippen LogP contribution in [0.1, 0.15) is 17.3 Å². The minimum atomic E-state index is -0.246. The van der Waals surface area contributed by atoms with E-state index in [1.54, 1.807) is 18.7 Å². The molecule has 0 fully saturated rings. The molecule has 76 valence electrons. The molecular weight excluding hydrogens is 311 g/mol. The standard InChI is InChI=1S/C10H11IO2S/c1-3-13-10(12)8-5-4-7(14-2)6-9(8)11/h4-6H,3H2,1-2H3. The predicted octanol–water partition coefficient (Wildman–Crippen LogP) is 3.19. The first-order valence-electron chi connectivity index (χ1n) is 4.19. The number of hydrogen-bond donors (Lipinski definition) is 0. The van der Waals surface area contributed by atoms with Gasteiger partial charge in [0.1, 0.15) is 0 Å². The van der Waals surface area contributed by atoms with E-state index in [0.717, 1.165) is 8.47 Å². The summed E-state index contributed by atoms with van der Waals surface area (Å²) in [5.74, 6) is -0.246. The van der Waals surface area contributed by atoms with Crippen molar-refractivity contribution in [3.05, 3.63) is 27.3 Å². The minimum Gasteiger partial charge on any atom is -0.462 e. The smallest absolute Gasteiger partial charge is 0.339 e. The van der Waals surface area contributed by atoms with Gasteiger partial charge in [0.15, 0.2) is 0 Å². The zero-order chi connectivity index (χ0) is 10.6. The number of carbonyl (C=O) groups is 1. The van der Waals surface area contributed by atoms with Gasteiger partial charge in [-0.15, -0.1) is 11.8 Å². The van der Waals surface area contributed by atoms with Gasteiger partial charge in [-0.1, -0.05) is 0 Å². The molecule has 0 atom stereocenters. The molecule has 0 amide bonds. The van der Waals surface area contributed by atoms with E-state index in [2.05, 4.69) is 22.6 Å². The van der Waals surface area contributed by atoms with E-state index >= 15 is 0 Å². The molecule has 2 nitrogen and oxygen atoms in total. The van der Waals surface area contributed by atoms with Gasteiger partial charge in [-0.3, -0.25) is 0 Å². The molecule has 0 N–H and O–H groups in total. The largest absolute Gasteiger partial charge is 0.462 e. The number of rotatable bonds is 3. The Kier molecular flexibility index (Phi) is 4.74. The quantitative estimate of drug-likeness (QED) is 0.486. The highest BCUT2D eigenvalue weighted by atomic mass is 127. The van der Waals surface area contributed by atoms with Gasteiger partial charge in [0, 0.05) is 8.47 Å². The zero-order valence-corrected chi connectivity index (χ0v) is 11.0. The topological polar surface area (TPSA) is 26.3 Å². The number of carbonyl (C=O) groups excluding carboxylic acids is 1. The lowest BCUT2D eigenvalue weighted by molar-refractivity contribution is 0.0525. The summed E-state index contributed by atoms with van der Waals surface area (Å²) < 4.78 is 5.87. The van der Waals surface area contributed by atoms with E-state index in [1.807, 2.05) is 24.5 Å². The summed E-state index contributed by atoms with van der Waals surface area (Å²) in [6.45, 7) is 2.22. The van der Waals surface area contributed by atoms with Crippen molar-refractivity contribution in [2.75, 3.05) is 12.9 Å². The summed E-state index contributed by atoms with van der Waals surface area (Å²) in [6, 6.07) is 5.72. The fourth-order valence-corrected chi connectivity index (χ4v) is 2.38. The summed E-state index contributed by atoms with van der Waals surface area (Å²) >= 11 is 3.81. The molecular formula is C10H11IO2S. The van der Waals surface area contributed by atoms with Crippen molar-refractivity contribution in [1.29, 1.82) is 0 Å². The Morgan fingerprint density at radius 2 is 2.29 bits per heavy atom. The SMILES string of the molecule is CCOC(=O)c1ccc(SC)cc1I. The summed E-state index contributed by atoms with van der Waals surface area (Å²) in [6.07, 6.45) is 2.01. The third-order valence-corrected chi connectivity index (χ3v) is 3.29. The summed E-state index contributed by atoms with van der Waals surface area (Å²) in [7, 11) is 0. The molecule has 0 saturated heterocycles. The van der Waals surface area contributed by atoms with Crippen LogP contribution in [-0.2, 0) is 4.74 Å². The minimum absolute atomic E-state index is 0.246. The number of halogens is 1. The molecule has 0 unspecified atom stereocenters. The van der Waals surface area contributed by atoms with Crippen molar-refractivity contribution in [2.45, 2.75) is 11.8 Å². The van der Waals surface area contributed by atoms with Crippen LogP contribution in [0.3, 0.4) is 0 Å². The van der Waals surface area contributed by atoms with Crippen LogP contribution in [0.5, 0.6) is 0 Å². The number of hydrogen-bond acceptors (Lipinski definition) is 3. The van der Waals surface area contributed by atoms with Crippen LogP contribution >= 0.6 is 34.4 Å². The third kappa shape index (κ3) is 2.88. The van der Waals surface area contributed by atoms with E-state index < -0.39 is 0 Å². The van der Waals surface area contributed by atoms with Gasteiger partial charge >= 0.3 is 5.97 Å². The average molecular weight is 322 g/mol. The van der Waals surface area contributed by atoms with Crippen molar-refractivity contribution in [2.24, 2.45) is 0 Å². The molecule has 0 bridgehead atoms. The summed E-state index contributed by atoms with van der Waals surface area (Å²) in [5.41, 5.74) is 0.644. The van der Waals surface area contributed by atoms with Crippen molar-refractivity contribution < 1.29 is 9.53 Å². The molecule has 0 radical (unpaired) electrons. The van der Waals surface area contributed by atoms with Crippen molar-refractivity contribution >= 4 is 40.3 Å². The van der Waals surface area contributed by atoms with E-state index in [9.17, 15) is 4.79 Å². The Labute approximate surface area is 102 Å². The van der Waals surface area contributed by atoms with Crippen molar-refractivity contribution in [1.82, 2.24) is 0 Å². The van der Waals surface area contributed by atoms with Crippen LogP contribution < -0.4 is 0 Å². The predicted molar refractivity (Wildman–Crippen MR) is 66.9 cm³/mol. The van der Waals surface area contributed by atoms with Crippen LogP contribution in [0.15, 0.2) is 23.1 Å². The Bertz CT molecular complexity index is 339.